The molecule has 7 nitrogen and oxygen atoms in total. The van der Waals surface area contributed by atoms with E-state index >= 15 is 0 Å². The highest BCUT2D eigenvalue weighted by molar-refractivity contribution is 14.0. The number of methoxy groups -OCH3 is 1. The van der Waals surface area contributed by atoms with E-state index in [1.165, 1.54) is 11.3 Å². The fraction of sp³-hybridized carbons (Fsp3) is 0.600. The zero-order valence-electron chi connectivity index (χ0n) is 17.2. The van der Waals surface area contributed by atoms with Crippen LogP contribution in [0.2, 0.25) is 0 Å². The molecule has 1 unspecified atom stereocenters. The molecule has 0 aromatic heterocycles. The van der Waals surface area contributed by atoms with Crippen LogP contribution < -0.4 is 20.9 Å². The number of benzene rings is 1. The Kier molecular flexibility index (Phi) is 11.9. The number of hydrogen-bond donors (Lipinski definition) is 3. The Balaban J connectivity index is 0.00000392. The summed E-state index contributed by atoms with van der Waals surface area (Å²) >= 11 is 0. The maximum atomic E-state index is 11.8. The monoisotopic (exact) mass is 503 g/mol. The van der Waals surface area contributed by atoms with Gasteiger partial charge in [0.05, 0.1) is 6.61 Å². The third-order valence-corrected chi connectivity index (χ3v) is 4.51. The largest absolute Gasteiger partial charge is 0.383 e. The number of halogens is 1. The summed E-state index contributed by atoms with van der Waals surface area (Å²) in [6.07, 6.45) is 2.22. The Hall–Kier alpha value is -1.55. The number of nitrogens with zero attached hydrogens (tertiary/aromatic N) is 2. The number of carbonyl (C=O) groups is 1. The summed E-state index contributed by atoms with van der Waals surface area (Å²) in [6.45, 7) is 7.99. The first-order chi connectivity index (χ1) is 13.1. The number of piperidine rings is 1. The molecule has 1 aromatic rings. The maximum Gasteiger partial charge on any atom is 0.241 e. The lowest BCUT2D eigenvalue weighted by Gasteiger charge is -2.35. The molecule has 1 amide bonds. The maximum absolute atomic E-state index is 11.8. The second-order valence-corrected chi connectivity index (χ2v) is 6.80. The molecule has 1 aromatic carbocycles. The Labute approximate surface area is 185 Å². The van der Waals surface area contributed by atoms with Crippen molar-refractivity contribution >= 4 is 41.5 Å². The number of rotatable bonds is 8. The average Bonchev–Trinajstić information content (AvgIpc) is 2.67. The van der Waals surface area contributed by atoms with E-state index in [1.807, 2.05) is 6.92 Å². The third kappa shape index (κ3) is 8.64. The second kappa shape index (κ2) is 13.6. The van der Waals surface area contributed by atoms with Crippen LogP contribution in [-0.4, -0.2) is 64.3 Å². The van der Waals surface area contributed by atoms with Gasteiger partial charge in [0.25, 0.3) is 0 Å². The van der Waals surface area contributed by atoms with E-state index in [4.69, 9.17) is 4.74 Å². The van der Waals surface area contributed by atoms with Gasteiger partial charge in [-0.05, 0) is 38.8 Å². The number of anilines is 1. The molecule has 1 fully saturated rings. The number of nitrogens with one attached hydrogen (secondary N) is 3. The zero-order chi connectivity index (χ0) is 19.5. The van der Waals surface area contributed by atoms with Crippen LogP contribution in [0.4, 0.5) is 5.69 Å². The number of aryl methyl sites for hydroxylation is 1. The summed E-state index contributed by atoms with van der Waals surface area (Å²) in [4.78, 5) is 18.7. The van der Waals surface area contributed by atoms with Crippen molar-refractivity contribution in [3.8, 4) is 0 Å². The van der Waals surface area contributed by atoms with Gasteiger partial charge < -0.3 is 25.6 Å². The van der Waals surface area contributed by atoms with E-state index in [1.54, 1.807) is 7.11 Å². The minimum atomic E-state index is -0.103. The summed E-state index contributed by atoms with van der Waals surface area (Å²) < 4.78 is 4.93. The van der Waals surface area contributed by atoms with Crippen molar-refractivity contribution < 1.29 is 9.53 Å². The number of amides is 1. The number of guanidine groups is 1. The molecular formula is C20H34IN5O2. The van der Waals surface area contributed by atoms with E-state index in [2.05, 4.69) is 57.0 Å². The molecule has 1 saturated heterocycles. The summed E-state index contributed by atoms with van der Waals surface area (Å²) in [5, 5.41) is 9.50. The molecule has 1 aliphatic heterocycles. The summed E-state index contributed by atoms with van der Waals surface area (Å²) in [5.74, 6) is 0.587. The zero-order valence-corrected chi connectivity index (χ0v) is 19.5. The molecule has 0 spiro atoms. The third-order valence-electron chi connectivity index (χ3n) is 4.51. The van der Waals surface area contributed by atoms with Crippen molar-refractivity contribution in [1.29, 1.82) is 0 Å². The number of ether oxygens (including phenoxy) is 1. The minimum absolute atomic E-state index is 0. The fourth-order valence-corrected chi connectivity index (χ4v) is 3.10. The Morgan fingerprint density at radius 3 is 2.71 bits per heavy atom. The van der Waals surface area contributed by atoms with Gasteiger partial charge in [-0.2, -0.15) is 0 Å². The fourth-order valence-electron chi connectivity index (χ4n) is 3.10. The Morgan fingerprint density at radius 1 is 1.29 bits per heavy atom. The van der Waals surface area contributed by atoms with Crippen molar-refractivity contribution in [2.45, 2.75) is 32.7 Å². The van der Waals surface area contributed by atoms with Gasteiger partial charge >= 0.3 is 0 Å². The SMILES string of the molecule is CCNC(=NCC(=O)NCCOC)NC1CCCN(c2ccc(C)cc2)C1.I. The second-order valence-electron chi connectivity index (χ2n) is 6.80. The molecule has 3 N–H and O–H groups in total. The van der Waals surface area contributed by atoms with Gasteiger partial charge in [0.15, 0.2) is 5.96 Å². The molecule has 8 heteroatoms. The first-order valence-electron chi connectivity index (χ1n) is 9.74. The first-order valence-corrected chi connectivity index (χ1v) is 9.74. The highest BCUT2D eigenvalue weighted by Gasteiger charge is 2.21. The highest BCUT2D eigenvalue weighted by atomic mass is 127. The predicted octanol–water partition coefficient (Wildman–Crippen LogP) is 1.90. The van der Waals surface area contributed by atoms with Crippen molar-refractivity contribution in [3.05, 3.63) is 29.8 Å². The predicted molar refractivity (Wildman–Crippen MR) is 126 cm³/mol. The molecule has 158 valence electrons. The van der Waals surface area contributed by atoms with Crippen molar-refractivity contribution in [2.24, 2.45) is 4.99 Å². The lowest BCUT2D eigenvalue weighted by atomic mass is 10.0. The molecule has 1 aliphatic rings. The van der Waals surface area contributed by atoms with Gasteiger partial charge in [-0.3, -0.25) is 4.79 Å². The quantitative estimate of drug-likeness (QED) is 0.219. The normalized spacial score (nSPS) is 16.9. The van der Waals surface area contributed by atoms with Crippen molar-refractivity contribution in [1.82, 2.24) is 16.0 Å². The van der Waals surface area contributed by atoms with Crippen LogP contribution in [0.15, 0.2) is 29.3 Å². The molecule has 1 atom stereocenters. The van der Waals surface area contributed by atoms with Crippen LogP contribution in [0.5, 0.6) is 0 Å². The smallest absolute Gasteiger partial charge is 0.241 e. The average molecular weight is 503 g/mol. The van der Waals surface area contributed by atoms with Crippen LogP contribution in [0, 0.1) is 6.92 Å². The summed E-state index contributed by atoms with van der Waals surface area (Å²) in [5.41, 5.74) is 2.53. The van der Waals surface area contributed by atoms with Crippen LogP contribution in [0.1, 0.15) is 25.3 Å². The van der Waals surface area contributed by atoms with E-state index in [0.717, 1.165) is 32.5 Å². The lowest BCUT2D eigenvalue weighted by molar-refractivity contribution is -0.119. The number of hydrogen-bond acceptors (Lipinski definition) is 4. The van der Waals surface area contributed by atoms with Gasteiger partial charge in [0, 0.05) is 45.0 Å². The molecule has 0 saturated carbocycles. The molecule has 28 heavy (non-hydrogen) atoms. The van der Waals surface area contributed by atoms with Crippen LogP contribution in [-0.2, 0) is 9.53 Å². The molecular weight excluding hydrogens is 469 g/mol. The highest BCUT2D eigenvalue weighted by Crippen LogP contribution is 2.20. The summed E-state index contributed by atoms with van der Waals surface area (Å²) in [6, 6.07) is 8.97. The van der Waals surface area contributed by atoms with Crippen molar-refractivity contribution in [2.75, 3.05) is 51.3 Å². The van der Waals surface area contributed by atoms with E-state index < -0.39 is 0 Å². The molecule has 0 bridgehead atoms. The molecule has 0 aliphatic carbocycles. The number of aliphatic imine (C=N–C) groups is 1. The first kappa shape index (κ1) is 24.5. The van der Waals surface area contributed by atoms with Crippen LogP contribution in [0.25, 0.3) is 0 Å². The van der Waals surface area contributed by atoms with Crippen LogP contribution >= 0.6 is 24.0 Å². The van der Waals surface area contributed by atoms with Gasteiger partial charge in [-0.15, -0.1) is 24.0 Å². The van der Waals surface area contributed by atoms with E-state index in [-0.39, 0.29) is 36.4 Å². The van der Waals surface area contributed by atoms with Gasteiger partial charge in [0.1, 0.15) is 6.54 Å². The molecule has 2 rings (SSSR count). The van der Waals surface area contributed by atoms with Gasteiger partial charge in [-0.25, -0.2) is 4.99 Å². The molecule has 0 radical (unpaired) electrons. The van der Waals surface area contributed by atoms with Crippen LogP contribution in [0.3, 0.4) is 0 Å². The van der Waals surface area contributed by atoms with E-state index in [9.17, 15) is 4.79 Å². The van der Waals surface area contributed by atoms with Gasteiger partial charge in [0.2, 0.25) is 5.91 Å². The summed E-state index contributed by atoms with van der Waals surface area (Å²) in [7, 11) is 1.61. The lowest BCUT2D eigenvalue weighted by Crippen LogP contribution is -2.51. The minimum Gasteiger partial charge on any atom is -0.383 e. The standard InChI is InChI=1S/C20H33N5O2.HI/c1-4-21-20(23-14-19(26)22-11-13-27-3)24-17-6-5-12-25(15-17)18-9-7-16(2)8-10-18;/h7-10,17H,4-6,11-15H2,1-3H3,(H,22,26)(H2,21,23,24);1H. The Morgan fingerprint density at radius 2 is 2.04 bits per heavy atom. The van der Waals surface area contributed by atoms with E-state index in [0.29, 0.717) is 25.2 Å². The van der Waals surface area contributed by atoms with Crippen molar-refractivity contribution in [3.63, 3.8) is 0 Å². The number of carbonyl (C=O) groups excluding carboxylic acids is 1. The molecule has 1 heterocycles. The topological polar surface area (TPSA) is 78.0 Å². The van der Waals surface area contributed by atoms with Gasteiger partial charge in [-0.1, -0.05) is 17.7 Å². The Bertz CT molecular complexity index is 609.